The van der Waals surface area contributed by atoms with Gasteiger partial charge in [0, 0.05) is 29.2 Å². The molecule has 0 aliphatic rings. The first-order chi connectivity index (χ1) is 16.6. The van der Waals surface area contributed by atoms with Gasteiger partial charge in [-0.3, -0.25) is 14.0 Å². The third kappa shape index (κ3) is 4.46. The van der Waals surface area contributed by atoms with E-state index >= 15 is 0 Å². The monoisotopic (exact) mass is 468 g/mol. The molecule has 0 radical (unpaired) electrons. The van der Waals surface area contributed by atoms with E-state index in [1.807, 2.05) is 59.0 Å². The van der Waals surface area contributed by atoms with Crippen molar-refractivity contribution in [2.75, 3.05) is 16.4 Å². The zero-order chi connectivity index (χ0) is 23.5. The van der Waals surface area contributed by atoms with Gasteiger partial charge in [0.15, 0.2) is 10.8 Å². The van der Waals surface area contributed by atoms with Crippen LogP contribution in [0.3, 0.4) is 0 Å². The van der Waals surface area contributed by atoms with Crippen molar-refractivity contribution in [3.05, 3.63) is 78.9 Å². The molecule has 2 heterocycles. The summed E-state index contributed by atoms with van der Waals surface area (Å²) in [7, 11) is 0. The Balaban J connectivity index is 1.40. The summed E-state index contributed by atoms with van der Waals surface area (Å²) in [5, 5.41) is 15.8. The first-order valence-electron chi connectivity index (χ1n) is 10.6. The van der Waals surface area contributed by atoms with Crippen molar-refractivity contribution in [3.63, 3.8) is 0 Å². The molecule has 0 unspecified atom stereocenters. The average molecular weight is 469 g/mol. The zero-order valence-electron chi connectivity index (χ0n) is 18.2. The Morgan fingerprint density at radius 3 is 2.26 bits per heavy atom. The number of nitrogens with zero attached hydrogens (tertiary/aromatic N) is 4. The van der Waals surface area contributed by atoms with Crippen LogP contribution < -0.4 is 10.6 Å². The van der Waals surface area contributed by atoms with Gasteiger partial charge in [-0.2, -0.15) is 0 Å². The second-order valence-corrected chi connectivity index (χ2v) is 8.50. The Morgan fingerprint density at radius 1 is 0.853 bits per heavy atom. The molecule has 0 saturated heterocycles. The Kier molecular flexibility index (Phi) is 5.92. The molecule has 0 saturated carbocycles. The van der Waals surface area contributed by atoms with Gasteiger partial charge in [-0.05, 0) is 36.4 Å². The Morgan fingerprint density at radius 2 is 1.53 bits per heavy atom. The number of nitrogens with one attached hydrogen (secondary N) is 2. The van der Waals surface area contributed by atoms with Crippen LogP contribution in [0.4, 0.5) is 11.4 Å². The van der Waals surface area contributed by atoms with Gasteiger partial charge in [-0.15, -0.1) is 10.2 Å². The molecule has 2 aromatic heterocycles. The van der Waals surface area contributed by atoms with Crippen molar-refractivity contribution < 1.29 is 9.59 Å². The van der Waals surface area contributed by atoms with E-state index in [2.05, 4.69) is 20.8 Å². The summed E-state index contributed by atoms with van der Waals surface area (Å²) in [6.07, 6.45) is 0. The van der Waals surface area contributed by atoms with E-state index in [0.717, 1.165) is 22.3 Å². The highest BCUT2D eigenvalue weighted by atomic mass is 32.2. The minimum atomic E-state index is -0.177. The van der Waals surface area contributed by atoms with Crippen molar-refractivity contribution >= 4 is 51.5 Å². The summed E-state index contributed by atoms with van der Waals surface area (Å²) in [6, 6.07) is 24.6. The highest BCUT2D eigenvalue weighted by Gasteiger charge is 2.17. The van der Waals surface area contributed by atoms with Crippen molar-refractivity contribution in [2.45, 2.75) is 12.1 Å². The Hall–Kier alpha value is -4.24. The molecule has 0 aliphatic carbocycles. The van der Waals surface area contributed by atoms with Gasteiger partial charge in [0.1, 0.15) is 5.82 Å². The summed E-state index contributed by atoms with van der Waals surface area (Å²) in [5.74, 6) is 0.542. The van der Waals surface area contributed by atoms with Crippen LogP contribution in [0.15, 0.2) is 84.0 Å². The molecule has 168 valence electrons. The van der Waals surface area contributed by atoms with Crippen molar-refractivity contribution in [2.24, 2.45) is 0 Å². The van der Waals surface area contributed by atoms with E-state index in [1.165, 1.54) is 18.7 Å². The molecule has 2 amide bonds. The van der Waals surface area contributed by atoms with Crippen LogP contribution in [0.2, 0.25) is 0 Å². The number of anilines is 2. The normalized spacial score (nSPS) is 11.0. The standard InChI is InChI=1S/C25H20N6O2S/c1-16(32)26-18-11-13-19(14-12-18)27-22(33)15-34-25-30-29-24-20-9-5-6-10-21(20)28-23(31(24)25)17-7-3-2-4-8-17/h2-14H,15H2,1H3,(H,26,32)(H,27,33). The predicted molar refractivity (Wildman–Crippen MR) is 134 cm³/mol. The number of para-hydroxylation sites is 1. The second kappa shape index (κ2) is 9.32. The van der Waals surface area contributed by atoms with Crippen LogP contribution >= 0.6 is 11.8 Å². The van der Waals surface area contributed by atoms with Crippen molar-refractivity contribution in [3.8, 4) is 11.4 Å². The first-order valence-corrected chi connectivity index (χ1v) is 11.6. The molecule has 5 aromatic rings. The third-order valence-corrected chi connectivity index (χ3v) is 6.00. The second-order valence-electron chi connectivity index (χ2n) is 7.56. The molecule has 0 atom stereocenters. The topological polar surface area (TPSA) is 101 Å². The lowest BCUT2D eigenvalue weighted by Gasteiger charge is -2.10. The quantitative estimate of drug-likeness (QED) is 0.352. The fraction of sp³-hybridized carbons (Fsp3) is 0.0800. The third-order valence-electron chi connectivity index (χ3n) is 5.07. The van der Waals surface area contributed by atoms with Crippen LogP contribution in [0.1, 0.15) is 6.92 Å². The molecule has 9 heteroatoms. The predicted octanol–water partition coefficient (Wildman–Crippen LogP) is 4.63. The Bertz CT molecular complexity index is 1500. The van der Waals surface area contributed by atoms with E-state index < -0.39 is 0 Å². The number of carbonyl (C=O) groups excluding carboxylic acids is 2. The SMILES string of the molecule is CC(=O)Nc1ccc(NC(=O)CSc2nnc3c4ccccc4nc(-c4ccccc4)n23)cc1. The fourth-order valence-electron chi connectivity index (χ4n) is 3.60. The molecule has 0 fully saturated rings. The van der Waals surface area contributed by atoms with E-state index in [4.69, 9.17) is 4.98 Å². The molecule has 5 rings (SSSR count). The minimum absolute atomic E-state index is 0.147. The van der Waals surface area contributed by atoms with Crippen molar-refractivity contribution in [1.82, 2.24) is 19.6 Å². The van der Waals surface area contributed by atoms with Gasteiger partial charge >= 0.3 is 0 Å². The van der Waals surface area contributed by atoms with E-state index in [1.54, 1.807) is 24.3 Å². The lowest BCUT2D eigenvalue weighted by molar-refractivity contribution is -0.114. The summed E-state index contributed by atoms with van der Waals surface area (Å²) in [6.45, 7) is 1.45. The van der Waals surface area contributed by atoms with Gasteiger partial charge in [0.2, 0.25) is 11.8 Å². The molecular weight excluding hydrogens is 448 g/mol. The van der Waals surface area contributed by atoms with Crippen LogP contribution in [0.5, 0.6) is 0 Å². The maximum absolute atomic E-state index is 12.6. The lowest BCUT2D eigenvalue weighted by Crippen LogP contribution is -2.14. The summed E-state index contributed by atoms with van der Waals surface area (Å²) in [4.78, 5) is 28.6. The molecule has 0 aliphatic heterocycles. The summed E-state index contributed by atoms with van der Waals surface area (Å²) in [5.41, 5.74) is 3.77. The van der Waals surface area contributed by atoms with Gasteiger partial charge in [-0.25, -0.2) is 4.98 Å². The highest BCUT2D eigenvalue weighted by Crippen LogP contribution is 2.29. The molecule has 3 aromatic carbocycles. The molecule has 34 heavy (non-hydrogen) atoms. The maximum Gasteiger partial charge on any atom is 0.234 e. The van der Waals surface area contributed by atoms with E-state index in [0.29, 0.717) is 22.2 Å². The average Bonchev–Trinajstić information content (AvgIpc) is 3.28. The van der Waals surface area contributed by atoms with Gasteiger partial charge in [0.25, 0.3) is 0 Å². The van der Waals surface area contributed by atoms with E-state index in [-0.39, 0.29) is 17.6 Å². The molecule has 8 nitrogen and oxygen atoms in total. The first kappa shape index (κ1) is 21.6. The summed E-state index contributed by atoms with van der Waals surface area (Å²) >= 11 is 1.29. The zero-order valence-corrected chi connectivity index (χ0v) is 19.0. The highest BCUT2D eigenvalue weighted by molar-refractivity contribution is 7.99. The molecule has 0 spiro atoms. The number of rotatable bonds is 6. The Labute approximate surface area is 199 Å². The molecular formula is C25H20N6O2S. The van der Waals surface area contributed by atoms with E-state index in [9.17, 15) is 9.59 Å². The van der Waals surface area contributed by atoms with Gasteiger partial charge in [0.05, 0.1) is 11.3 Å². The minimum Gasteiger partial charge on any atom is -0.326 e. The smallest absolute Gasteiger partial charge is 0.234 e. The molecule has 2 N–H and O–H groups in total. The van der Waals surface area contributed by atoms with Crippen LogP contribution in [-0.2, 0) is 9.59 Å². The van der Waals surface area contributed by atoms with Crippen LogP contribution in [0, 0.1) is 0 Å². The lowest BCUT2D eigenvalue weighted by atomic mass is 10.2. The molecule has 0 bridgehead atoms. The number of aromatic nitrogens is 4. The van der Waals surface area contributed by atoms with Gasteiger partial charge < -0.3 is 10.6 Å². The maximum atomic E-state index is 12.6. The number of hydrogen-bond acceptors (Lipinski definition) is 6. The number of fused-ring (bicyclic) bond motifs is 3. The number of benzene rings is 3. The van der Waals surface area contributed by atoms with Crippen molar-refractivity contribution in [1.29, 1.82) is 0 Å². The van der Waals surface area contributed by atoms with Crippen LogP contribution in [-0.4, -0.2) is 37.1 Å². The number of amides is 2. The largest absolute Gasteiger partial charge is 0.326 e. The number of thioether (sulfide) groups is 1. The fourth-order valence-corrected chi connectivity index (χ4v) is 4.33. The summed E-state index contributed by atoms with van der Waals surface area (Å²) < 4.78 is 1.90. The van der Waals surface area contributed by atoms with Crippen LogP contribution in [0.25, 0.3) is 27.9 Å². The number of carbonyl (C=O) groups is 2. The van der Waals surface area contributed by atoms with Gasteiger partial charge in [-0.1, -0.05) is 54.2 Å². The number of hydrogen-bond donors (Lipinski definition) is 2.